The summed E-state index contributed by atoms with van der Waals surface area (Å²) < 4.78 is 0.921. The van der Waals surface area contributed by atoms with Gasteiger partial charge in [-0.05, 0) is 61.7 Å². The average molecular weight is 622 g/mol. The van der Waals surface area contributed by atoms with Gasteiger partial charge in [0.25, 0.3) is 0 Å². The van der Waals surface area contributed by atoms with E-state index in [0.29, 0.717) is 28.8 Å². The lowest BCUT2D eigenvalue weighted by atomic mass is 10.0. The lowest BCUT2D eigenvalue weighted by Crippen LogP contribution is -2.54. The Labute approximate surface area is 242 Å². The molecule has 0 aromatic heterocycles. The molecule has 0 saturated heterocycles. The fraction of sp³-hybridized carbons (Fsp3) is 0.310. The van der Waals surface area contributed by atoms with Crippen molar-refractivity contribution in [1.82, 2.24) is 10.2 Å². The van der Waals surface area contributed by atoms with Gasteiger partial charge in [0.2, 0.25) is 11.8 Å². The molecule has 196 valence electrons. The van der Waals surface area contributed by atoms with E-state index in [0.717, 1.165) is 21.2 Å². The topological polar surface area (TPSA) is 49.4 Å². The first kappa shape index (κ1) is 29.6. The summed E-state index contributed by atoms with van der Waals surface area (Å²) in [4.78, 5) is 29.0. The van der Waals surface area contributed by atoms with Crippen LogP contribution in [-0.4, -0.2) is 34.0 Å². The van der Waals surface area contributed by atoms with Gasteiger partial charge < -0.3 is 10.2 Å². The molecule has 0 fully saturated rings. The maximum absolute atomic E-state index is 13.7. The third-order valence-electron chi connectivity index (χ3n) is 5.49. The van der Waals surface area contributed by atoms with Crippen molar-refractivity contribution in [3.8, 4) is 0 Å². The Morgan fingerprint density at radius 2 is 1.62 bits per heavy atom. The molecule has 0 bridgehead atoms. The van der Waals surface area contributed by atoms with E-state index in [4.69, 9.17) is 23.2 Å². The van der Waals surface area contributed by atoms with E-state index in [1.807, 2.05) is 87.5 Å². The predicted molar refractivity (Wildman–Crippen MR) is 159 cm³/mol. The van der Waals surface area contributed by atoms with Crippen molar-refractivity contribution >= 4 is 62.7 Å². The van der Waals surface area contributed by atoms with Crippen molar-refractivity contribution in [2.75, 3.05) is 5.75 Å². The van der Waals surface area contributed by atoms with Crippen LogP contribution < -0.4 is 5.32 Å². The van der Waals surface area contributed by atoms with E-state index in [1.165, 1.54) is 11.8 Å². The molecule has 3 aromatic carbocycles. The van der Waals surface area contributed by atoms with Gasteiger partial charge in [-0.15, -0.1) is 11.8 Å². The molecule has 8 heteroatoms. The molecule has 0 spiro atoms. The van der Waals surface area contributed by atoms with Crippen LogP contribution in [0.5, 0.6) is 0 Å². The van der Waals surface area contributed by atoms with Gasteiger partial charge in [-0.25, -0.2) is 0 Å². The summed E-state index contributed by atoms with van der Waals surface area (Å²) in [5.74, 6) is 0.553. The van der Waals surface area contributed by atoms with Gasteiger partial charge in [0.05, 0.1) is 15.8 Å². The molecule has 1 atom stereocenters. The first-order valence-corrected chi connectivity index (χ1v) is 14.6. The van der Waals surface area contributed by atoms with Crippen molar-refractivity contribution in [2.24, 2.45) is 0 Å². The SMILES string of the molecule is CC(C)(C)NC(=O)C(Cc1ccccc1)N(Cc1cccc(Br)c1)C(=O)CSCc1ccc(Cl)c(Cl)c1. The van der Waals surface area contributed by atoms with Crippen LogP contribution in [0.25, 0.3) is 0 Å². The number of hydrogen-bond donors (Lipinski definition) is 1. The normalized spacial score (nSPS) is 12.2. The summed E-state index contributed by atoms with van der Waals surface area (Å²) >= 11 is 17.2. The van der Waals surface area contributed by atoms with Gasteiger partial charge in [0.15, 0.2) is 0 Å². The fourth-order valence-corrected chi connectivity index (χ4v) is 5.43. The van der Waals surface area contributed by atoms with Gasteiger partial charge in [-0.2, -0.15) is 0 Å². The minimum atomic E-state index is -0.668. The first-order valence-electron chi connectivity index (χ1n) is 11.9. The van der Waals surface area contributed by atoms with Gasteiger partial charge in [-0.3, -0.25) is 9.59 Å². The summed E-state index contributed by atoms with van der Waals surface area (Å²) in [7, 11) is 0. The smallest absolute Gasteiger partial charge is 0.243 e. The van der Waals surface area contributed by atoms with Crippen LogP contribution in [0.4, 0.5) is 0 Å². The largest absolute Gasteiger partial charge is 0.350 e. The van der Waals surface area contributed by atoms with Gasteiger partial charge >= 0.3 is 0 Å². The third-order valence-corrected chi connectivity index (χ3v) is 7.71. The second kappa shape index (κ2) is 13.7. The number of rotatable bonds is 10. The minimum Gasteiger partial charge on any atom is -0.350 e. The highest BCUT2D eigenvalue weighted by molar-refractivity contribution is 9.10. The van der Waals surface area contributed by atoms with Crippen molar-refractivity contribution in [3.63, 3.8) is 0 Å². The number of halogens is 3. The quantitative estimate of drug-likeness (QED) is 0.254. The predicted octanol–water partition coefficient (Wildman–Crippen LogP) is 7.54. The lowest BCUT2D eigenvalue weighted by Gasteiger charge is -2.34. The van der Waals surface area contributed by atoms with Crippen LogP contribution in [-0.2, 0) is 28.3 Å². The molecule has 0 aliphatic heterocycles. The summed E-state index contributed by atoms with van der Waals surface area (Å²) in [6.07, 6.45) is 0.417. The highest BCUT2D eigenvalue weighted by Crippen LogP contribution is 2.25. The number of nitrogens with zero attached hydrogens (tertiary/aromatic N) is 1. The summed E-state index contributed by atoms with van der Waals surface area (Å²) in [6, 6.07) is 22.4. The zero-order valence-corrected chi connectivity index (χ0v) is 25.1. The molecule has 0 aliphatic rings. The molecular weight excluding hydrogens is 591 g/mol. The fourth-order valence-electron chi connectivity index (χ4n) is 3.81. The Hall–Kier alpha value is -1.99. The average Bonchev–Trinajstić information content (AvgIpc) is 2.83. The van der Waals surface area contributed by atoms with Crippen LogP contribution in [0.2, 0.25) is 10.0 Å². The minimum absolute atomic E-state index is 0.102. The molecule has 0 heterocycles. The summed E-state index contributed by atoms with van der Waals surface area (Å²) in [6.45, 7) is 6.15. The van der Waals surface area contributed by atoms with E-state index >= 15 is 0 Å². The number of hydrogen-bond acceptors (Lipinski definition) is 3. The van der Waals surface area contributed by atoms with Crippen LogP contribution in [0.3, 0.4) is 0 Å². The molecule has 4 nitrogen and oxygen atoms in total. The number of carbonyl (C=O) groups excluding carboxylic acids is 2. The van der Waals surface area contributed by atoms with Crippen LogP contribution in [0.1, 0.15) is 37.5 Å². The zero-order chi connectivity index (χ0) is 27.0. The van der Waals surface area contributed by atoms with Crippen molar-refractivity contribution in [2.45, 2.75) is 51.1 Å². The standard InChI is InChI=1S/C29H31BrCl2N2O2S/c1-29(2,3)33-28(36)26(16-20-8-5-4-6-9-20)34(17-21-10-7-11-23(30)14-21)27(35)19-37-18-22-12-13-24(31)25(32)15-22/h4-15,26H,16-19H2,1-3H3,(H,33,36). The Morgan fingerprint density at radius 1 is 0.919 bits per heavy atom. The molecule has 0 aliphatic carbocycles. The number of benzene rings is 3. The maximum Gasteiger partial charge on any atom is 0.243 e. The van der Waals surface area contributed by atoms with Crippen molar-refractivity contribution < 1.29 is 9.59 Å². The van der Waals surface area contributed by atoms with Crippen LogP contribution >= 0.6 is 50.9 Å². The van der Waals surface area contributed by atoms with Crippen LogP contribution in [0, 0.1) is 0 Å². The highest BCUT2D eigenvalue weighted by Gasteiger charge is 2.32. The van der Waals surface area contributed by atoms with E-state index in [1.54, 1.807) is 11.0 Å². The second-order valence-corrected chi connectivity index (χ2v) is 12.6. The molecule has 3 aromatic rings. The third kappa shape index (κ3) is 9.68. The molecule has 2 amide bonds. The Kier molecular flexibility index (Phi) is 10.9. The van der Waals surface area contributed by atoms with E-state index < -0.39 is 11.6 Å². The molecule has 0 radical (unpaired) electrons. The monoisotopic (exact) mass is 620 g/mol. The first-order chi connectivity index (χ1) is 17.5. The summed E-state index contributed by atoms with van der Waals surface area (Å²) in [5, 5.41) is 4.08. The molecule has 37 heavy (non-hydrogen) atoms. The van der Waals surface area contributed by atoms with E-state index in [2.05, 4.69) is 21.2 Å². The van der Waals surface area contributed by atoms with Gasteiger partial charge in [0.1, 0.15) is 6.04 Å². The molecule has 1 N–H and O–H groups in total. The van der Waals surface area contributed by atoms with E-state index in [9.17, 15) is 9.59 Å². The maximum atomic E-state index is 13.7. The molecule has 0 saturated carbocycles. The number of amides is 2. The molecule has 1 unspecified atom stereocenters. The Balaban J connectivity index is 1.87. The number of thioether (sulfide) groups is 1. The second-order valence-electron chi connectivity index (χ2n) is 9.84. The highest BCUT2D eigenvalue weighted by atomic mass is 79.9. The van der Waals surface area contributed by atoms with Gasteiger partial charge in [0, 0.05) is 28.7 Å². The summed E-state index contributed by atoms with van der Waals surface area (Å²) in [5.41, 5.74) is 2.49. The van der Waals surface area contributed by atoms with E-state index in [-0.39, 0.29) is 17.6 Å². The molecular formula is C29H31BrCl2N2O2S. The van der Waals surface area contributed by atoms with Crippen molar-refractivity contribution in [1.29, 1.82) is 0 Å². The zero-order valence-electron chi connectivity index (χ0n) is 21.1. The van der Waals surface area contributed by atoms with Gasteiger partial charge in [-0.1, -0.05) is 87.7 Å². The van der Waals surface area contributed by atoms with Crippen LogP contribution in [0.15, 0.2) is 77.3 Å². The Morgan fingerprint density at radius 3 is 2.27 bits per heavy atom. The van der Waals surface area contributed by atoms with Crippen molar-refractivity contribution in [3.05, 3.63) is 104 Å². The lowest BCUT2D eigenvalue weighted by molar-refractivity contribution is -0.140. The molecule has 3 rings (SSSR count). The number of nitrogens with one attached hydrogen (secondary N) is 1. The number of carbonyl (C=O) groups is 2. The Bertz CT molecular complexity index is 1220.